The first-order chi connectivity index (χ1) is 11.0. The van der Waals surface area contributed by atoms with Gasteiger partial charge in [0.05, 0.1) is 18.4 Å². The highest BCUT2D eigenvalue weighted by molar-refractivity contribution is 5.94. The number of hydrogen-bond donors (Lipinski definition) is 1. The lowest BCUT2D eigenvalue weighted by atomic mass is 10.1. The number of amides is 1. The lowest BCUT2D eigenvalue weighted by Crippen LogP contribution is -2.34. The molecule has 0 spiro atoms. The van der Waals surface area contributed by atoms with Gasteiger partial charge in [-0.05, 0) is 64.3 Å². The van der Waals surface area contributed by atoms with E-state index in [9.17, 15) is 4.79 Å². The average molecular weight is 316 g/mol. The highest BCUT2D eigenvalue weighted by Crippen LogP contribution is 2.18. The van der Waals surface area contributed by atoms with Gasteiger partial charge in [-0.25, -0.2) is 0 Å². The molecule has 0 fully saturated rings. The summed E-state index contributed by atoms with van der Waals surface area (Å²) >= 11 is 0. The minimum absolute atomic E-state index is 0.00232. The van der Waals surface area contributed by atoms with Crippen molar-refractivity contribution in [3.8, 4) is 5.75 Å². The monoisotopic (exact) mass is 316 g/mol. The van der Waals surface area contributed by atoms with E-state index in [2.05, 4.69) is 5.32 Å². The minimum atomic E-state index is -0.112. The van der Waals surface area contributed by atoms with Gasteiger partial charge in [0.1, 0.15) is 11.5 Å². The SMILES string of the molecule is CC(C)Oc1ccc(C(=O)NC[C@@H](c2ccco2)N(C)C)cc1. The van der Waals surface area contributed by atoms with E-state index in [4.69, 9.17) is 9.15 Å². The normalized spacial score (nSPS) is 12.4. The molecule has 0 aliphatic carbocycles. The molecule has 0 radical (unpaired) electrons. The molecule has 1 amide bonds. The molecule has 5 heteroatoms. The Morgan fingerprint density at radius 1 is 1.22 bits per heavy atom. The molecular weight excluding hydrogens is 292 g/mol. The van der Waals surface area contributed by atoms with Crippen LogP contribution in [0.4, 0.5) is 0 Å². The Hall–Kier alpha value is -2.27. The molecule has 23 heavy (non-hydrogen) atoms. The van der Waals surface area contributed by atoms with Crippen LogP contribution in [0.25, 0.3) is 0 Å². The highest BCUT2D eigenvalue weighted by Gasteiger charge is 2.18. The molecule has 2 aromatic rings. The predicted octanol–water partition coefficient (Wildman–Crippen LogP) is 3.10. The van der Waals surface area contributed by atoms with E-state index in [1.165, 1.54) is 0 Å². The van der Waals surface area contributed by atoms with Crippen LogP contribution in [0.5, 0.6) is 5.75 Å². The van der Waals surface area contributed by atoms with E-state index >= 15 is 0 Å². The Morgan fingerprint density at radius 3 is 2.43 bits per heavy atom. The van der Waals surface area contributed by atoms with Crippen LogP contribution in [0.3, 0.4) is 0 Å². The Balaban J connectivity index is 1.95. The third kappa shape index (κ3) is 4.86. The molecule has 0 unspecified atom stereocenters. The number of rotatable bonds is 7. The first-order valence-corrected chi connectivity index (χ1v) is 7.72. The molecule has 5 nitrogen and oxygen atoms in total. The maximum Gasteiger partial charge on any atom is 0.251 e. The summed E-state index contributed by atoms with van der Waals surface area (Å²) in [4.78, 5) is 14.3. The number of nitrogens with zero attached hydrogens (tertiary/aromatic N) is 1. The minimum Gasteiger partial charge on any atom is -0.491 e. The average Bonchev–Trinajstić information content (AvgIpc) is 3.01. The van der Waals surface area contributed by atoms with Crippen LogP contribution in [-0.2, 0) is 0 Å². The van der Waals surface area contributed by atoms with E-state index < -0.39 is 0 Å². The van der Waals surface area contributed by atoms with Crippen LogP contribution in [0, 0.1) is 0 Å². The molecule has 1 aromatic carbocycles. The van der Waals surface area contributed by atoms with Gasteiger partial charge in [-0.1, -0.05) is 0 Å². The van der Waals surface area contributed by atoms with Crippen molar-refractivity contribution in [1.82, 2.24) is 10.2 Å². The van der Waals surface area contributed by atoms with E-state index in [1.54, 1.807) is 18.4 Å². The van der Waals surface area contributed by atoms with Crippen LogP contribution in [-0.4, -0.2) is 37.6 Å². The van der Waals surface area contributed by atoms with Crippen molar-refractivity contribution in [3.05, 3.63) is 54.0 Å². The van der Waals surface area contributed by atoms with Gasteiger partial charge in [-0.3, -0.25) is 9.69 Å². The van der Waals surface area contributed by atoms with E-state index in [1.807, 2.05) is 57.1 Å². The number of carbonyl (C=O) groups excluding carboxylic acids is 1. The van der Waals surface area contributed by atoms with Gasteiger partial charge in [0.25, 0.3) is 5.91 Å². The third-order valence-electron chi connectivity index (χ3n) is 3.44. The van der Waals surface area contributed by atoms with Crippen molar-refractivity contribution in [2.45, 2.75) is 26.0 Å². The van der Waals surface area contributed by atoms with Crippen LogP contribution in [0.15, 0.2) is 47.1 Å². The molecule has 2 rings (SSSR count). The topological polar surface area (TPSA) is 54.7 Å². The number of furan rings is 1. The summed E-state index contributed by atoms with van der Waals surface area (Å²) in [5.74, 6) is 1.48. The summed E-state index contributed by atoms with van der Waals surface area (Å²) in [5, 5.41) is 2.95. The second-order valence-electron chi connectivity index (χ2n) is 5.90. The summed E-state index contributed by atoms with van der Waals surface area (Å²) in [7, 11) is 3.91. The third-order valence-corrected chi connectivity index (χ3v) is 3.44. The van der Waals surface area contributed by atoms with Gasteiger partial charge in [0.15, 0.2) is 0 Å². The molecule has 0 aliphatic heterocycles. The first-order valence-electron chi connectivity index (χ1n) is 7.72. The van der Waals surface area contributed by atoms with Gasteiger partial charge in [-0.2, -0.15) is 0 Å². The predicted molar refractivity (Wildman–Crippen MR) is 89.7 cm³/mol. The fourth-order valence-corrected chi connectivity index (χ4v) is 2.27. The van der Waals surface area contributed by atoms with Crippen LogP contribution in [0.1, 0.15) is 36.0 Å². The summed E-state index contributed by atoms with van der Waals surface area (Å²) in [6, 6.07) is 10.9. The highest BCUT2D eigenvalue weighted by atomic mass is 16.5. The molecule has 1 heterocycles. The lowest BCUT2D eigenvalue weighted by molar-refractivity contribution is 0.0939. The molecule has 1 N–H and O–H groups in total. The largest absolute Gasteiger partial charge is 0.491 e. The van der Waals surface area contributed by atoms with E-state index in [-0.39, 0.29) is 18.1 Å². The Labute approximate surface area is 137 Å². The first kappa shape index (κ1) is 17.1. The summed E-state index contributed by atoms with van der Waals surface area (Å²) < 4.78 is 11.0. The Morgan fingerprint density at radius 2 is 1.91 bits per heavy atom. The second-order valence-corrected chi connectivity index (χ2v) is 5.90. The van der Waals surface area contributed by atoms with Gasteiger partial charge < -0.3 is 14.5 Å². The second kappa shape index (κ2) is 7.83. The molecule has 124 valence electrons. The van der Waals surface area contributed by atoms with Crippen molar-refractivity contribution < 1.29 is 13.9 Å². The maximum atomic E-state index is 12.3. The fourth-order valence-electron chi connectivity index (χ4n) is 2.27. The Kier molecular flexibility index (Phi) is 5.82. The number of carbonyl (C=O) groups is 1. The van der Waals surface area contributed by atoms with Crippen LogP contribution < -0.4 is 10.1 Å². The van der Waals surface area contributed by atoms with E-state index in [0.29, 0.717) is 12.1 Å². The number of hydrogen-bond acceptors (Lipinski definition) is 4. The van der Waals surface area contributed by atoms with E-state index in [0.717, 1.165) is 11.5 Å². The maximum absolute atomic E-state index is 12.3. The number of benzene rings is 1. The van der Waals surface area contributed by atoms with Crippen LogP contribution in [0.2, 0.25) is 0 Å². The molecule has 0 bridgehead atoms. The number of nitrogens with one attached hydrogen (secondary N) is 1. The van der Waals surface area contributed by atoms with Gasteiger partial charge in [-0.15, -0.1) is 0 Å². The van der Waals surface area contributed by atoms with Crippen molar-refractivity contribution >= 4 is 5.91 Å². The van der Waals surface area contributed by atoms with Crippen molar-refractivity contribution in [2.75, 3.05) is 20.6 Å². The number of ether oxygens (including phenoxy) is 1. The number of likely N-dealkylation sites (N-methyl/N-ethyl adjacent to an activating group) is 1. The summed E-state index contributed by atoms with van der Waals surface area (Å²) in [6.45, 7) is 4.41. The quantitative estimate of drug-likeness (QED) is 0.853. The van der Waals surface area contributed by atoms with Gasteiger partial charge >= 0.3 is 0 Å². The molecule has 1 atom stereocenters. The zero-order chi connectivity index (χ0) is 16.8. The standard InChI is InChI=1S/C18H24N2O3/c1-13(2)23-15-9-7-14(8-10-15)18(21)19-12-16(20(3)4)17-6-5-11-22-17/h5-11,13,16H,12H2,1-4H3,(H,19,21)/t16-/m0/s1. The molecule has 0 aliphatic rings. The molecule has 0 saturated carbocycles. The van der Waals surface area contributed by atoms with Crippen molar-refractivity contribution in [3.63, 3.8) is 0 Å². The summed E-state index contributed by atoms with van der Waals surface area (Å²) in [5.41, 5.74) is 0.609. The Bertz CT molecular complexity index is 604. The zero-order valence-electron chi connectivity index (χ0n) is 14.1. The van der Waals surface area contributed by atoms with Gasteiger partial charge in [0, 0.05) is 12.1 Å². The van der Waals surface area contributed by atoms with Crippen LogP contribution >= 0.6 is 0 Å². The van der Waals surface area contributed by atoms with Gasteiger partial charge in [0.2, 0.25) is 0 Å². The summed E-state index contributed by atoms with van der Waals surface area (Å²) in [6.07, 6.45) is 1.75. The molecule has 1 aromatic heterocycles. The van der Waals surface area contributed by atoms with Crippen molar-refractivity contribution in [2.24, 2.45) is 0 Å². The zero-order valence-corrected chi connectivity index (χ0v) is 14.1. The van der Waals surface area contributed by atoms with Crippen molar-refractivity contribution in [1.29, 1.82) is 0 Å². The lowest BCUT2D eigenvalue weighted by Gasteiger charge is -2.22. The smallest absolute Gasteiger partial charge is 0.251 e. The molecular formula is C18H24N2O3. The fraction of sp³-hybridized carbons (Fsp3) is 0.389. The molecule has 0 saturated heterocycles.